The SMILES string of the molecule is CC(C)[C@H](C)[C@@H]1OC=C[C@H]1C. The van der Waals surface area contributed by atoms with E-state index in [4.69, 9.17) is 4.74 Å². The maximum atomic E-state index is 5.51. The minimum Gasteiger partial charge on any atom is -0.497 e. The van der Waals surface area contributed by atoms with Gasteiger partial charge in [-0.1, -0.05) is 27.7 Å². The third-order valence-corrected chi connectivity index (χ3v) is 2.71. The zero-order chi connectivity index (χ0) is 8.43. The van der Waals surface area contributed by atoms with Crippen LogP contribution >= 0.6 is 0 Å². The summed E-state index contributed by atoms with van der Waals surface area (Å²) in [5.41, 5.74) is 0. The summed E-state index contributed by atoms with van der Waals surface area (Å²) in [6.45, 7) is 8.98. The first kappa shape index (κ1) is 8.63. The van der Waals surface area contributed by atoms with Crippen molar-refractivity contribution in [3.05, 3.63) is 12.3 Å². The molecular weight excluding hydrogens is 136 g/mol. The van der Waals surface area contributed by atoms with Gasteiger partial charge in [-0.2, -0.15) is 0 Å². The molecule has 1 aliphatic heterocycles. The Morgan fingerprint density at radius 1 is 1.27 bits per heavy atom. The van der Waals surface area contributed by atoms with Gasteiger partial charge < -0.3 is 4.74 Å². The highest BCUT2D eigenvalue weighted by atomic mass is 16.5. The van der Waals surface area contributed by atoms with Crippen LogP contribution in [-0.2, 0) is 4.74 Å². The number of rotatable bonds is 2. The zero-order valence-electron chi connectivity index (χ0n) is 7.87. The van der Waals surface area contributed by atoms with E-state index >= 15 is 0 Å². The predicted octanol–water partition coefficient (Wildman–Crippen LogP) is 2.83. The van der Waals surface area contributed by atoms with E-state index in [-0.39, 0.29) is 0 Å². The second-order valence-electron chi connectivity index (χ2n) is 3.89. The molecule has 0 radical (unpaired) electrons. The maximum Gasteiger partial charge on any atom is 0.107 e. The van der Waals surface area contributed by atoms with E-state index in [2.05, 4.69) is 33.8 Å². The van der Waals surface area contributed by atoms with Crippen molar-refractivity contribution in [1.29, 1.82) is 0 Å². The van der Waals surface area contributed by atoms with Crippen molar-refractivity contribution >= 4 is 0 Å². The molecule has 0 bridgehead atoms. The molecule has 11 heavy (non-hydrogen) atoms. The van der Waals surface area contributed by atoms with Crippen molar-refractivity contribution in [3.8, 4) is 0 Å². The summed E-state index contributed by atoms with van der Waals surface area (Å²) < 4.78 is 5.51. The zero-order valence-corrected chi connectivity index (χ0v) is 7.87. The summed E-state index contributed by atoms with van der Waals surface area (Å²) in [5, 5.41) is 0. The lowest BCUT2D eigenvalue weighted by atomic mass is 9.86. The summed E-state index contributed by atoms with van der Waals surface area (Å²) in [7, 11) is 0. The second-order valence-corrected chi connectivity index (χ2v) is 3.89. The largest absolute Gasteiger partial charge is 0.497 e. The fourth-order valence-electron chi connectivity index (χ4n) is 1.48. The van der Waals surface area contributed by atoms with Crippen LogP contribution in [0.1, 0.15) is 27.7 Å². The molecule has 0 aromatic rings. The van der Waals surface area contributed by atoms with E-state index in [0.717, 1.165) is 0 Å². The van der Waals surface area contributed by atoms with E-state index in [0.29, 0.717) is 23.9 Å². The van der Waals surface area contributed by atoms with Crippen LogP contribution in [0.4, 0.5) is 0 Å². The van der Waals surface area contributed by atoms with Crippen LogP contribution in [0.2, 0.25) is 0 Å². The van der Waals surface area contributed by atoms with Gasteiger partial charge in [0.25, 0.3) is 0 Å². The highest BCUT2D eigenvalue weighted by Crippen LogP contribution is 2.28. The molecule has 0 saturated heterocycles. The van der Waals surface area contributed by atoms with Crippen LogP contribution in [-0.4, -0.2) is 6.10 Å². The van der Waals surface area contributed by atoms with Gasteiger partial charge >= 0.3 is 0 Å². The van der Waals surface area contributed by atoms with Gasteiger partial charge in [0.05, 0.1) is 6.26 Å². The molecule has 0 aromatic heterocycles. The Bertz CT molecular complexity index is 149. The number of ether oxygens (including phenoxy) is 1. The lowest BCUT2D eigenvalue weighted by Gasteiger charge is -2.25. The van der Waals surface area contributed by atoms with Crippen molar-refractivity contribution in [2.24, 2.45) is 17.8 Å². The molecule has 0 unspecified atom stereocenters. The van der Waals surface area contributed by atoms with Gasteiger partial charge in [-0.25, -0.2) is 0 Å². The minimum absolute atomic E-state index is 0.412. The fourth-order valence-corrected chi connectivity index (χ4v) is 1.48. The first-order chi connectivity index (χ1) is 5.13. The van der Waals surface area contributed by atoms with Gasteiger partial charge in [0.2, 0.25) is 0 Å². The molecule has 0 aliphatic carbocycles. The Labute approximate surface area is 69.4 Å². The molecule has 1 nitrogen and oxygen atoms in total. The molecule has 1 heteroatoms. The monoisotopic (exact) mass is 154 g/mol. The van der Waals surface area contributed by atoms with Crippen LogP contribution in [0.5, 0.6) is 0 Å². The molecule has 0 aromatic carbocycles. The Kier molecular flexibility index (Phi) is 2.58. The van der Waals surface area contributed by atoms with E-state index < -0.39 is 0 Å². The smallest absolute Gasteiger partial charge is 0.107 e. The van der Waals surface area contributed by atoms with Crippen LogP contribution < -0.4 is 0 Å². The normalized spacial score (nSPS) is 32.5. The van der Waals surface area contributed by atoms with Gasteiger partial charge in [-0.05, 0) is 17.9 Å². The molecule has 64 valence electrons. The highest BCUT2D eigenvalue weighted by molar-refractivity contribution is 4.95. The van der Waals surface area contributed by atoms with Gasteiger partial charge in [0, 0.05) is 5.92 Å². The van der Waals surface area contributed by atoms with Crippen LogP contribution in [0.25, 0.3) is 0 Å². The van der Waals surface area contributed by atoms with E-state index in [1.54, 1.807) is 0 Å². The van der Waals surface area contributed by atoms with Crippen LogP contribution in [0.15, 0.2) is 12.3 Å². The Morgan fingerprint density at radius 2 is 1.91 bits per heavy atom. The van der Waals surface area contributed by atoms with Crippen molar-refractivity contribution < 1.29 is 4.74 Å². The molecule has 0 amide bonds. The van der Waals surface area contributed by atoms with Gasteiger partial charge in [0.1, 0.15) is 6.10 Å². The average Bonchev–Trinajstić information content (AvgIpc) is 2.33. The standard InChI is InChI=1S/C10H18O/c1-7(2)9(4)10-8(3)5-6-11-10/h5-10H,1-4H3/t8-,9+,10-/m1/s1. The fraction of sp³-hybridized carbons (Fsp3) is 0.800. The number of hydrogen-bond acceptors (Lipinski definition) is 1. The summed E-state index contributed by atoms with van der Waals surface area (Å²) in [4.78, 5) is 0. The van der Waals surface area contributed by atoms with Crippen LogP contribution in [0, 0.1) is 17.8 Å². The minimum atomic E-state index is 0.412. The molecular formula is C10H18O. The quantitative estimate of drug-likeness (QED) is 0.594. The van der Waals surface area contributed by atoms with Crippen molar-refractivity contribution in [2.45, 2.75) is 33.8 Å². The summed E-state index contributed by atoms with van der Waals surface area (Å²) in [6, 6.07) is 0. The van der Waals surface area contributed by atoms with E-state index in [9.17, 15) is 0 Å². The summed E-state index contributed by atoms with van der Waals surface area (Å²) >= 11 is 0. The molecule has 0 saturated carbocycles. The first-order valence-corrected chi connectivity index (χ1v) is 4.45. The van der Waals surface area contributed by atoms with E-state index in [1.807, 2.05) is 6.26 Å². The Morgan fingerprint density at radius 3 is 2.27 bits per heavy atom. The molecule has 1 heterocycles. The van der Waals surface area contributed by atoms with E-state index in [1.165, 1.54) is 0 Å². The summed E-state index contributed by atoms with van der Waals surface area (Å²) in [5.74, 6) is 1.95. The number of hydrogen-bond donors (Lipinski definition) is 0. The van der Waals surface area contributed by atoms with Crippen molar-refractivity contribution in [2.75, 3.05) is 0 Å². The van der Waals surface area contributed by atoms with Gasteiger partial charge in [-0.15, -0.1) is 0 Å². The predicted molar refractivity (Wildman–Crippen MR) is 47.2 cm³/mol. The molecule has 3 atom stereocenters. The lowest BCUT2D eigenvalue weighted by Crippen LogP contribution is -2.26. The Balaban J connectivity index is 2.48. The second kappa shape index (κ2) is 3.29. The topological polar surface area (TPSA) is 9.23 Å². The third kappa shape index (κ3) is 1.76. The lowest BCUT2D eigenvalue weighted by molar-refractivity contribution is 0.0668. The van der Waals surface area contributed by atoms with Gasteiger partial charge in [-0.3, -0.25) is 0 Å². The molecule has 1 rings (SSSR count). The van der Waals surface area contributed by atoms with Crippen molar-refractivity contribution in [1.82, 2.24) is 0 Å². The molecule has 0 spiro atoms. The third-order valence-electron chi connectivity index (χ3n) is 2.71. The molecule has 1 aliphatic rings. The molecule has 0 fully saturated rings. The highest BCUT2D eigenvalue weighted by Gasteiger charge is 2.28. The summed E-state index contributed by atoms with van der Waals surface area (Å²) in [6.07, 6.45) is 4.40. The maximum absolute atomic E-state index is 5.51. The van der Waals surface area contributed by atoms with Crippen LogP contribution in [0.3, 0.4) is 0 Å². The average molecular weight is 154 g/mol. The Hall–Kier alpha value is -0.460. The molecule has 0 N–H and O–H groups in total. The van der Waals surface area contributed by atoms with Gasteiger partial charge in [0.15, 0.2) is 0 Å². The van der Waals surface area contributed by atoms with Crippen molar-refractivity contribution in [3.63, 3.8) is 0 Å². The first-order valence-electron chi connectivity index (χ1n) is 4.45.